The summed E-state index contributed by atoms with van der Waals surface area (Å²) in [6.45, 7) is 8.90. The number of aromatic hydroxyl groups is 1. The summed E-state index contributed by atoms with van der Waals surface area (Å²) in [6.07, 6.45) is 18.5. The van der Waals surface area contributed by atoms with Gasteiger partial charge in [0, 0.05) is 18.0 Å². The first-order valence-electron chi connectivity index (χ1n) is 9.57. The van der Waals surface area contributed by atoms with Crippen LogP contribution in [0.2, 0.25) is 0 Å². The van der Waals surface area contributed by atoms with E-state index in [1.165, 1.54) is 5.56 Å². The van der Waals surface area contributed by atoms with Crippen molar-refractivity contribution in [2.45, 2.75) is 51.0 Å². The topological polar surface area (TPSA) is 23.5 Å². The Labute approximate surface area is 158 Å². The zero-order valence-electron chi connectivity index (χ0n) is 16.6. The van der Waals surface area contributed by atoms with Gasteiger partial charge >= 0.3 is 0 Å². The number of likely N-dealkylation sites (N-methyl/N-ethyl adjacent to an activating group) is 1. The molecule has 2 nitrogen and oxygen atoms in total. The highest BCUT2D eigenvalue weighted by Crippen LogP contribution is 2.48. The second-order valence-corrected chi connectivity index (χ2v) is 8.51. The van der Waals surface area contributed by atoms with E-state index >= 15 is 0 Å². The molecule has 0 bridgehead atoms. The fourth-order valence-corrected chi connectivity index (χ4v) is 4.37. The van der Waals surface area contributed by atoms with Gasteiger partial charge in [-0.15, -0.1) is 0 Å². The van der Waals surface area contributed by atoms with Crippen molar-refractivity contribution in [1.82, 2.24) is 4.90 Å². The summed E-state index contributed by atoms with van der Waals surface area (Å²) in [5.74, 6) is 0.699. The molecule has 1 aromatic rings. The lowest BCUT2D eigenvalue weighted by molar-refractivity contribution is 0.217. The van der Waals surface area contributed by atoms with Gasteiger partial charge in [0.05, 0.1) is 6.04 Å². The van der Waals surface area contributed by atoms with Crippen LogP contribution in [0.5, 0.6) is 5.75 Å². The van der Waals surface area contributed by atoms with E-state index in [2.05, 4.69) is 101 Å². The molecule has 3 atom stereocenters. The molecular weight excluding hydrogens is 318 g/mol. The normalized spacial score (nSPS) is 28.0. The molecule has 0 saturated heterocycles. The van der Waals surface area contributed by atoms with Crippen LogP contribution in [-0.4, -0.2) is 23.1 Å². The second-order valence-electron chi connectivity index (χ2n) is 8.51. The van der Waals surface area contributed by atoms with Crippen LogP contribution in [0.4, 0.5) is 0 Å². The van der Waals surface area contributed by atoms with E-state index in [-0.39, 0.29) is 16.9 Å². The third-order valence-electron chi connectivity index (χ3n) is 5.86. The van der Waals surface area contributed by atoms with Gasteiger partial charge in [0.1, 0.15) is 5.75 Å². The predicted molar refractivity (Wildman–Crippen MR) is 110 cm³/mol. The minimum absolute atomic E-state index is 0.0355. The number of phenols is 1. The lowest BCUT2D eigenvalue weighted by Gasteiger charge is -2.48. The third-order valence-corrected chi connectivity index (χ3v) is 5.86. The summed E-state index contributed by atoms with van der Waals surface area (Å²) in [5, 5.41) is 10.9. The number of benzene rings is 1. The molecule has 0 saturated carbocycles. The molecule has 0 spiro atoms. The monoisotopic (exact) mass is 349 g/mol. The Morgan fingerprint density at radius 1 is 1.08 bits per heavy atom. The van der Waals surface area contributed by atoms with Gasteiger partial charge in [0.15, 0.2) is 0 Å². The maximum Gasteiger partial charge on any atom is 0.119 e. The van der Waals surface area contributed by atoms with E-state index in [0.29, 0.717) is 11.7 Å². The van der Waals surface area contributed by atoms with Gasteiger partial charge in [-0.25, -0.2) is 0 Å². The number of rotatable bonds is 3. The average Bonchev–Trinajstić information content (AvgIpc) is 2.61. The summed E-state index contributed by atoms with van der Waals surface area (Å²) in [7, 11) is 2.12. The summed E-state index contributed by atoms with van der Waals surface area (Å²) < 4.78 is 0. The van der Waals surface area contributed by atoms with E-state index in [9.17, 15) is 5.11 Å². The number of phenolic OH excluding ortho intramolecular Hbond substituents is 1. The molecule has 1 N–H and O–H groups in total. The minimum atomic E-state index is -0.301. The zero-order valence-corrected chi connectivity index (χ0v) is 16.6. The molecule has 1 aromatic carbocycles. The smallest absolute Gasteiger partial charge is 0.119 e. The number of hydrogen-bond donors (Lipinski definition) is 1. The van der Waals surface area contributed by atoms with Crippen molar-refractivity contribution in [3.8, 4) is 5.75 Å². The van der Waals surface area contributed by atoms with Gasteiger partial charge in [0.2, 0.25) is 0 Å². The highest BCUT2D eigenvalue weighted by molar-refractivity contribution is 5.51. The van der Waals surface area contributed by atoms with Gasteiger partial charge in [-0.05, 0) is 41.7 Å². The van der Waals surface area contributed by atoms with E-state index in [1.807, 2.05) is 6.07 Å². The molecule has 1 heterocycles. The molecular formula is C24H31NO. The van der Waals surface area contributed by atoms with Crippen molar-refractivity contribution in [2.24, 2.45) is 5.92 Å². The van der Waals surface area contributed by atoms with Crippen LogP contribution in [0, 0.1) is 5.92 Å². The van der Waals surface area contributed by atoms with Crippen LogP contribution in [-0.2, 0) is 10.8 Å². The average molecular weight is 350 g/mol. The second kappa shape index (κ2) is 6.83. The van der Waals surface area contributed by atoms with E-state index in [0.717, 1.165) is 12.0 Å². The molecule has 2 heteroatoms. The Morgan fingerprint density at radius 3 is 2.46 bits per heavy atom. The van der Waals surface area contributed by atoms with Gasteiger partial charge in [-0.1, -0.05) is 76.3 Å². The highest BCUT2D eigenvalue weighted by atomic mass is 16.3. The van der Waals surface area contributed by atoms with Crippen molar-refractivity contribution in [2.75, 3.05) is 7.05 Å². The number of hydrogen-bond acceptors (Lipinski definition) is 2. The molecule has 0 fully saturated rings. The van der Waals surface area contributed by atoms with Gasteiger partial charge < -0.3 is 10.0 Å². The Kier molecular flexibility index (Phi) is 4.88. The summed E-state index contributed by atoms with van der Waals surface area (Å²) >= 11 is 0. The zero-order chi connectivity index (χ0) is 18.9. The molecule has 1 aliphatic carbocycles. The van der Waals surface area contributed by atoms with Crippen molar-refractivity contribution in [3.63, 3.8) is 0 Å². The van der Waals surface area contributed by atoms with E-state index < -0.39 is 0 Å². The number of allylic oxidation sites excluding steroid dienone is 5. The van der Waals surface area contributed by atoms with Gasteiger partial charge in [-0.2, -0.15) is 0 Å². The first-order valence-corrected chi connectivity index (χ1v) is 9.57. The molecule has 26 heavy (non-hydrogen) atoms. The lowest BCUT2D eigenvalue weighted by atomic mass is 9.61. The predicted octanol–water partition coefficient (Wildman–Crippen LogP) is 5.46. The molecule has 3 unspecified atom stereocenters. The minimum Gasteiger partial charge on any atom is -0.508 e. The number of nitrogens with zero attached hydrogens (tertiary/aromatic N) is 1. The fourth-order valence-electron chi connectivity index (χ4n) is 4.37. The summed E-state index contributed by atoms with van der Waals surface area (Å²) in [4.78, 5) is 2.26. The lowest BCUT2D eigenvalue weighted by Crippen LogP contribution is -2.50. The van der Waals surface area contributed by atoms with E-state index in [1.54, 1.807) is 0 Å². The fraction of sp³-hybridized carbons (Fsp3) is 0.417. The first kappa shape index (κ1) is 18.6. The third kappa shape index (κ3) is 3.02. The van der Waals surface area contributed by atoms with Crippen molar-refractivity contribution in [1.29, 1.82) is 0 Å². The van der Waals surface area contributed by atoms with Crippen LogP contribution in [0.3, 0.4) is 0 Å². The Hall–Kier alpha value is -2.22. The maximum absolute atomic E-state index is 10.9. The van der Waals surface area contributed by atoms with E-state index in [4.69, 9.17) is 0 Å². The molecule has 0 radical (unpaired) electrons. The van der Waals surface area contributed by atoms with Gasteiger partial charge in [-0.3, -0.25) is 0 Å². The molecule has 1 aliphatic heterocycles. The Balaban J connectivity index is 2.26. The highest BCUT2D eigenvalue weighted by Gasteiger charge is 2.46. The van der Waals surface area contributed by atoms with Crippen LogP contribution in [0.1, 0.15) is 45.2 Å². The summed E-state index contributed by atoms with van der Waals surface area (Å²) in [6, 6.07) is 6.30. The molecule has 0 amide bonds. The largest absolute Gasteiger partial charge is 0.508 e. The summed E-state index contributed by atoms with van der Waals surface area (Å²) in [5.41, 5.74) is 2.01. The molecule has 2 aliphatic rings. The standard InChI is InChI=1S/C24H31NO/c1-6-18-11-7-9-15-24(18,22-12-8-10-16-25(22)5)20-17-19(23(2,3)4)13-14-21(20)26/h7-18,22,26H,6H2,1-5H3. The quantitative estimate of drug-likeness (QED) is 0.783. The van der Waals surface area contributed by atoms with Gasteiger partial charge in [0.25, 0.3) is 0 Å². The molecule has 3 rings (SSSR count). The molecule has 0 aromatic heterocycles. The maximum atomic E-state index is 10.9. The van der Waals surface area contributed by atoms with Crippen molar-refractivity contribution < 1.29 is 5.11 Å². The van der Waals surface area contributed by atoms with Crippen LogP contribution >= 0.6 is 0 Å². The van der Waals surface area contributed by atoms with Crippen LogP contribution in [0.15, 0.2) is 66.9 Å². The SMILES string of the molecule is CCC1C=CC=CC1(c1cc(C(C)(C)C)ccc1O)C1C=CC=CN1C. The molecule has 138 valence electrons. The van der Waals surface area contributed by atoms with Crippen LogP contribution < -0.4 is 0 Å². The Bertz CT molecular complexity index is 778. The van der Waals surface area contributed by atoms with Crippen LogP contribution in [0.25, 0.3) is 0 Å². The first-order chi connectivity index (χ1) is 12.3. The Morgan fingerprint density at radius 2 is 1.81 bits per heavy atom. The van der Waals surface area contributed by atoms with Crippen molar-refractivity contribution >= 4 is 0 Å². The van der Waals surface area contributed by atoms with Crippen molar-refractivity contribution in [3.05, 3.63) is 78.1 Å².